The molecule has 0 aliphatic heterocycles. The number of rotatable bonds is 7. The zero-order valence-corrected chi connectivity index (χ0v) is 13.4. The lowest BCUT2D eigenvalue weighted by atomic mass is 10.0. The van der Waals surface area contributed by atoms with Gasteiger partial charge in [0.25, 0.3) is 0 Å². The third-order valence-corrected chi connectivity index (χ3v) is 4.34. The molecular formula is C14H14O6S2. The van der Waals surface area contributed by atoms with Gasteiger partial charge in [-0.05, 0) is 48.2 Å². The third-order valence-electron chi connectivity index (χ3n) is 2.94. The zero-order chi connectivity index (χ0) is 15.9. The van der Waals surface area contributed by atoms with E-state index in [1.165, 1.54) is 0 Å². The van der Waals surface area contributed by atoms with Gasteiger partial charge in [0.15, 0.2) is 0 Å². The summed E-state index contributed by atoms with van der Waals surface area (Å²) in [5, 5.41) is 23.9. The lowest BCUT2D eigenvalue weighted by molar-refractivity contribution is -0.432. The highest BCUT2D eigenvalue weighted by Crippen LogP contribution is 2.35. The van der Waals surface area contributed by atoms with Crippen molar-refractivity contribution in [3.05, 3.63) is 47.5 Å². The van der Waals surface area contributed by atoms with E-state index >= 15 is 0 Å². The van der Waals surface area contributed by atoms with E-state index in [0.29, 0.717) is 0 Å². The second-order valence-corrected chi connectivity index (χ2v) is 5.92. The molecule has 0 heterocycles. The molecule has 2 aromatic rings. The largest absolute Gasteiger partial charge is 0.220 e. The Labute approximate surface area is 136 Å². The third kappa shape index (κ3) is 4.45. The smallest absolute Gasteiger partial charge is 0.0721 e. The summed E-state index contributed by atoms with van der Waals surface area (Å²) in [5.41, 5.74) is 3.84. The summed E-state index contributed by atoms with van der Waals surface area (Å²) in [4.78, 5) is 1.58. The topological polar surface area (TPSA) is 77.4 Å². The molecule has 0 atom stereocenters. The number of hydrogen-bond donors (Lipinski definition) is 2. The van der Waals surface area contributed by atoms with E-state index in [-0.39, 0.29) is 0 Å². The highest BCUT2D eigenvalue weighted by atomic mass is 32.2. The summed E-state index contributed by atoms with van der Waals surface area (Å²) in [6.45, 7) is 3.87. The Bertz CT molecular complexity index is 635. The van der Waals surface area contributed by atoms with Crippen molar-refractivity contribution in [1.82, 2.24) is 0 Å². The molecule has 0 aromatic heterocycles. The first-order chi connectivity index (χ1) is 10.7. The zero-order valence-electron chi connectivity index (χ0n) is 11.8. The second-order valence-electron chi connectivity index (χ2n) is 4.43. The summed E-state index contributed by atoms with van der Waals surface area (Å²) in [7, 11) is 0. The molecule has 0 unspecified atom stereocenters. The molecule has 0 bridgehead atoms. The van der Waals surface area contributed by atoms with Crippen LogP contribution in [0.5, 0.6) is 0 Å². The Morgan fingerprint density at radius 2 is 1.50 bits per heavy atom. The van der Waals surface area contributed by atoms with Crippen LogP contribution in [0.1, 0.15) is 11.1 Å². The molecule has 8 heteroatoms. The van der Waals surface area contributed by atoms with E-state index in [4.69, 9.17) is 10.5 Å². The van der Waals surface area contributed by atoms with Crippen LogP contribution in [0.15, 0.2) is 46.2 Å². The van der Waals surface area contributed by atoms with Gasteiger partial charge >= 0.3 is 0 Å². The van der Waals surface area contributed by atoms with Gasteiger partial charge in [-0.25, -0.2) is 10.5 Å². The minimum absolute atomic E-state index is 0.785. The van der Waals surface area contributed by atoms with Crippen LogP contribution < -0.4 is 0 Å². The van der Waals surface area contributed by atoms with Crippen LogP contribution in [-0.2, 0) is 18.7 Å². The molecule has 0 radical (unpaired) electrons. The fourth-order valence-corrected chi connectivity index (χ4v) is 2.99. The van der Waals surface area contributed by atoms with Crippen molar-refractivity contribution in [2.45, 2.75) is 23.6 Å². The van der Waals surface area contributed by atoms with Crippen molar-refractivity contribution < 1.29 is 29.3 Å². The Kier molecular flexibility index (Phi) is 6.68. The first-order valence-electron chi connectivity index (χ1n) is 6.17. The Hall–Kier alpha value is -1.10. The molecule has 6 nitrogen and oxygen atoms in total. The van der Waals surface area contributed by atoms with Crippen LogP contribution in [0.4, 0.5) is 0 Å². The standard InChI is InChI=1S/C14H14O6S2/c1-9-3-6-12(14(7-9)22-20-18-16)11-5-4-10(2)13(8-11)21-19-17-15/h3-8,15-16H,1-2H3. The van der Waals surface area contributed by atoms with Gasteiger partial charge in [-0.3, -0.25) is 0 Å². The van der Waals surface area contributed by atoms with Gasteiger partial charge in [0.2, 0.25) is 0 Å². The molecular weight excluding hydrogens is 328 g/mol. The van der Waals surface area contributed by atoms with Gasteiger partial charge in [0.05, 0.1) is 24.1 Å². The van der Waals surface area contributed by atoms with Crippen LogP contribution in [0.25, 0.3) is 11.1 Å². The molecule has 0 aliphatic carbocycles. The normalized spacial score (nSPS) is 10.9. The van der Waals surface area contributed by atoms with Crippen molar-refractivity contribution in [2.24, 2.45) is 0 Å². The quantitative estimate of drug-likeness (QED) is 0.421. The highest BCUT2D eigenvalue weighted by Gasteiger charge is 2.10. The summed E-state index contributed by atoms with van der Waals surface area (Å²) in [6.07, 6.45) is 0. The van der Waals surface area contributed by atoms with E-state index in [1.54, 1.807) is 0 Å². The van der Waals surface area contributed by atoms with Crippen LogP contribution in [0.2, 0.25) is 0 Å². The molecule has 118 valence electrons. The SMILES string of the molecule is Cc1ccc(-c2ccc(C)c(SOOO)c2)c(SOOO)c1. The molecule has 0 spiro atoms. The Morgan fingerprint density at radius 3 is 2.18 bits per heavy atom. The van der Waals surface area contributed by atoms with Crippen LogP contribution in [0, 0.1) is 13.8 Å². The first kappa shape index (κ1) is 17.3. The highest BCUT2D eigenvalue weighted by molar-refractivity contribution is 7.95. The second kappa shape index (κ2) is 8.51. The average molecular weight is 342 g/mol. The summed E-state index contributed by atoms with van der Waals surface area (Å²) >= 11 is 1.82. The fraction of sp³-hybridized carbons (Fsp3) is 0.143. The minimum Gasteiger partial charge on any atom is -0.220 e. The monoisotopic (exact) mass is 342 g/mol. The van der Waals surface area contributed by atoms with Gasteiger partial charge < -0.3 is 0 Å². The maximum absolute atomic E-state index is 8.34. The van der Waals surface area contributed by atoms with E-state index in [1.807, 2.05) is 50.2 Å². The maximum Gasteiger partial charge on any atom is 0.0721 e. The molecule has 0 saturated carbocycles. The molecule has 0 aliphatic rings. The first-order valence-corrected chi connectivity index (χ1v) is 7.65. The van der Waals surface area contributed by atoms with Crippen molar-refractivity contribution in [3.8, 4) is 11.1 Å². The van der Waals surface area contributed by atoms with E-state index in [0.717, 1.165) is 56.1 Å². The molecule has 0 saturated heterocycles. The lowest BCUT2D eigenvalue weighted by Gasteiger charge is -2.11. The fourth-order valence-electron chi connectivity index (χ4n) is 1.90. The molecule has 0 amide bonds. The van der Waals surface area contributed by atoms with Crippen molar-refractivity contribution in [2.75, 3.05) is 0 Å². The minimum atomic E-state index is 0.785. The summed E-state index contributed by atoms with van der Waals surface area (Å²) < 4.78 is 9.04. The van der Waals surface area contributed by atoms with E-state index in [9.17, 15) is 0 Å². The number of aryl methyl sites for hydroxylation is 2. The van der Waals surface area contributed by atoms with Crippen LogP contribution >= 0.6 is 24.1 Å². The van der Waals surface area contributed by atoms with Gasteiger partial charge in [-0.1, -0.05) is 34.3 Å². The maximum atomic E-state index is 8.34. The van der Waals surface area contributed by atoms with Crippen molar-refractivity contribution >= 4 is 24.1 Å². The predicted octanol–water partition coefficient (Wildman–Crippen LogP) is 4.83. The summed E-state index contributed by atoms with van der Waals surface area (Å²) in [6, 6.07) is 11.6. The Balaban J connectivity index is 2.38. The molecule has 22 heavy (non-hydrogen) atoms. The average Bonchev–Trinajstić information content (AvgIpc) is 2.52. The molecule has 2 rings (SSSR count). The van der Waals surface area contributed by atoms with Gasteiger partial charge in [-0.15, -0.1) is 8.67 Å². The number of hydrogen-bond acceptors (Lipinski definition) is 8. The molecule has 0 fully saturated rings. The van der Waals surface area contributed by atoms with E-state index in [2.05, 4.69) is 18.7 Å². The number of benzene rings is 2. The van der Waals surface area contributed by atoms with Crippen LogP contribution in [-0.4, -0.2) is 10.5 Å². The van der Waals surface area contributed by atoms with Crippen molar-refractivity contribution in [1.29, 1.82) is 0 Å². The summed E-state index contributed by atoms with van der Waals surface area (Å²) in [5.74, 6) is 0. The molecule has 2 aromatic carbocycles. The van der Waals surface area contributed by atoms with Gasteiger partial charge in [-0.2, -0.15) is 0 Å². The van der Waals surface area contributed by atoms with Gasteiger partial charge in [0.1, 0.15) is 0 Å². The Morgan fingerprint density at radius 1 is 0.818 bits per heavy atom. The lowest BCUT2D eigenvalue weighted by Crippen LogP contribution is -1.89. The molecule has 2 N–H and O–H groups in total. The predicted molar refractivity (Wildman–Crippen MR) is 82.7 cm³/mol. The van der Waals surface area contributed by atoms with E-state index < -0.39 is 0 Å². The van der Waals surface area contributed by atoms with Crippen molar-refractivity contribution in [3.63, 3.8) is 0 Å². The van der Waals surface area contributed by atoms with Crippen LogP contribution in [0.3, 0.4) is 0 Å². The van der Waals surface area contributed by atoms with Gasteiger partial charge in [0, 0.05) is 9.79 Å².